The molecule has 0 radical (unpaired) electrons. The minimum absolute atomic E-state index is 0.0447. The van der Waals surface area contributed by atoms with E-state index < -0.39 is 10.0 Å². The Kier molecular flexibility index (Phi) is 7.06. The third-order valence-corrected chi connectivity index (χ3v) is 6.73. The molecule has 1 N–H and O–H groups in total. The molecule has 0 saturated carbocycles. The lowest BCUT2D eigenvalue weighted by Gasteiger charge is -2.32. The predicted molar refractivity (Wildman–Crippen MR) is 102 cm³/mol. The Morgan fingerprint density at radius 2 is 2.15 bits per heavy atom. The third-order valence-electron chi connectivity index (χ3n) is 4.87. The normalized spacial score (nSPS) is 19.8. The highest BCUT2D eigenvalue weighted by molar-refractivity contribution is 7.89. The Morgan fingerprint density at radius 3 is 2.77 bits per heavy atom. The van der Waals surface area contributed by atoms with Crippen LogP contribution in [0.1, 0.15) is 45.1 Å². The molecule has 1 fully saturated rings. The Hall–Kier alpha value is -1.60. The summed E-state index contributed by atoms with van der Waals surface area (Å²) in [5.74, 6) is 0.318. The van der Waals surface area contributed by atoms with Crippen LogP contribution in [-0.4, -0.2) is 44.9 Å². The van der Waals surface area contributed by atoms with Crippen molar-refractivity contribution >= 4 is 15.9 Å². The number of nitrogens with zero attached hydrogens (tertiary/aromatic N) is 1. The molecule has 0 aromatic heterocycles. The average molecular weight is 383 g/mol. The van der Waals surface area contributed by atoms with Crippen LogP contribution in [0.5, 0.6) is 5.75 Å². The molecule has 1 aromatic rings. The van der Waals surface area contributed by atoms with Crippen LogP contribution >= 0.6 is 0 Å². The number of nitrogens with one attached hydrogen (secondary N) is 1. The lowest BCUT2D eigenvalue weighted by Crippen LogP contribution is -2.47. The fourth-order valence-electron chi connectivity index (χ4n) is 3.40. The van der Waals surface area contributed by atoms with Gasteiger partial charge in [0.2, 0.25) is 15.9 Å². The Bertz CT molecular complexity index is 733. The van der Waals surface area contributed by atoms with Crippen LogP contribution in [-0.2, 0) is 14.8 Å². The number of sulfonamides is 1. The van der Waals surface area contributed by atoms with Gasteiger partial charge in [-0.3, -0.25) is 4.79 Å². The summed E-state index contributed by atoms with van der Waals surface area (Å²) < 4.78 is 32.6. The molecule has 1 aliphatic rings. The summed E-state index contributed by atoms with van der Waals surface area (Å²) in [6, 6.07) is 4.97. The minimum atomic E-state index is -3.62. The molecule has 7 heteroatoms. The van der Waals surface area contributed by atoms with Crippen LogP contribution in [0.15, 0.2) is 23.1 Å². The Balaban J connectivity index is 2.12. The molecule has 1 amide bonds. The highest BCUT2D eigenvalue weighted by Gasteiger charge is 2.33. The van der Waals surface area contributed by atoms with Crippen LogP contribution in [0.3, 0.4) is 0 Å². The van der Waals surface area contributed by atoms with Crippen molar-refractivity contribution in [2.45, 2.75) is 57.4 Å². The molecular formula is C19H30N2O4S. The molecule has 0 spiro atoms. The summed E-state index contributed by atoms with van der Waals surface area (Å²) >= 11 is 0. The first-order valence-electron chi connectivity index (χ1n) is 9.24. The molecule has 1 aliphatic heterocycles. The third kappa shape index (κ3) is 4.76. The lowest BCUT2D eigenvalue weighted by atomic mass is 9.98. The SMILES string of the molecule is CCCC(C)NC(=O)C1CCCN(S(=O)(=O)c2ccc(OC)c(C)c2)C1. The van der Waals surface area contributed by atoms with Crippen molar-refractivity contribution in [1.29, 1.82) is 0 Å². The van der Waals surface area contributed by atoms with Gasteiger partial charge < -0.3 is 10.1 Å². The molecule has 26 heavy (non-hydrogen) atoms. The van der Waals surface area contributed by atoms with E-state index in [-0.39, 0.29) is 29.3 Å². The fourth-order valence-corrected chi connectivity index (χ4v) is 5.01. The highest BCUT2D eigenvalue weighted by atomic mass is 32.2. The van der Waals surface area contributed by atoms with E-state index in [0.717, 1.165) is 24.8 Å². The lowest BCUT2D eigenvalue weighted by molar-refractivity contribution is -0.126. The van der Waals surface area contributed by atoms with Crippen molar-refractivity contribution in [2.75, 3.05) is 20.2 Å². The molecule has 0 aliphatic carbocycles. The number of hydrogen-bond acceptors (Lipinski definition) is 4. The van der Waals surface area contributed by atoms with E-state index in [1.807, 2.05) is 13.8 Å². The highest BCUT2D eigenvalue weighted by Crippen LogP contribution is 2.27. The van der Waals surface area contributed by atoms with E-state index in [1.165, 1.54) is 4.31 Å². The topological polar surface area (TPSA) is 75.7 Å². The summed E-state index contributed by atoms with van der Waals surface area (Å²) in [5.41, 5.74) is 0.772. The molecule has 146 valence electrons. The average Bonchev–Trinajstić information content (AvgIpc) is 2.61. The fraction of sp³-hybridized carbons (Fsp3) is 0.632. The number of amides is 1. The van der Waals surface area contributed by atoms with E-state index in [4.69, 9.17) is 4.74 Å². The predicted octanol–water partition coefficient (Wildman–Crippen LogP) is 2.71. The van der Waals surface area contributed by atoms with Gasteiger partial charge in [-0.15, -0.1) is 0 Å². The number of rotatable bonds is 7. The first-order valence-corrected chi connectivity index (χ1v) is 10.7. The van der Waals surface area contributed by atoms with E-state index in [9.17, 15) is 13.2 Å². The van der Waals surface area contributed by atoms with Gasteiger partial charge in [-0.05, 0) is 56.9 Å². The number of carbonyl (C=O) groups is 1. The minimum Gasteiger partial charge on any atom is -0.496 e. The molecule has 2 atom stereocenters. The molecule has 2 rings (SSSR count). The maximum Gasteiger partial charge on any atom is 0.243 e. The van der Waals surface area contributed by atoms with Crippen molar-refractivity contribution < 1.29 is 17.9 Å². The van der Waals surface area contributed by atoms with E-state index in [2.05, 4.69) is 12.2 Å². The van der Waals surface area contributed by atoms with Crippen molar-refractivity contribution in [3.63, 3.8) is 0 Å². The van der Waals surface area contributed by atoms with E-state index in [0.29, 0.717) is 18.7 Å². The number of ether oxygens (including phenoxy) is 1. The number of carbonyl (C=O) groups excluding carboxylic acids is 1. The molecule has 1 saturated heterocycles. The van der Waals surface area contributed by atoms with Crippen molar-refractivity contribution in [2.24, 2.45) is 5.92 Å². The molecule has 1 aromatic carbocycles. The summed E-state index contributed by atoms with van der Waals surface area (Å²) in [7, 11) is -2.06. The van der Waals surface area contributed by atoms with Gasteiger partial charge >= 0.3 is 0 Å². The summed E-state index contributed by atoms with van der Waals surface area (Å²) in [6.07, 6.45) is 3.34. The zero-order valence-electron chi connectivity index (χ0n) is 16.1. The van der Waals surface area contributed by atoms with Crippen LogP contribution in [0.25, 0.3) is 0 Å². The largest absolute Gasteiger partial charge is 0.496 e. The van der Waals surface area contributed by atoms with Crippen LogP contribution in [0, 0.1) is 12.8 Å². The summed E-state index contributed by atoms with van der Waals surface area (Å²) in [5, 5.41) is 3.01. The van der Waals surface area contributed by atoms with Crippen molar-refractivity contribution in [3.8, 4) is 5.75 Å². The second kappa shape index (κ2) is 8.86. The number of benzene rings is 1. The van der Waals surface area contributed by atoms with Gasteiger partial charge in [0.15, 0.2) is 0 Å². The zero-order chi connectivity index (χ0) is 19.3. The van der Waals surface area contributed by atoms with Gasteiger partial charge in [0.1, 0.15) is 5.75 Å². The Morgan fingerprint density at radius 1 is 1.42 bits per heavy atom. The van der Waals surface area contributed by atoms with Gasteiger partial charge in [-0.25, -0.2) is 8.42 Å². The quantitative estimate of drug-likeness (QED) is 0.787. The van der Waals surface area contributed by atoms with Crippen molar-refractivity contribution in [3.05, 3.63) is 23.8 Å². The number of aryl methyl sites for hydroxylation is 1. The summed E-state index contributed by atoms with van der Waals surface area (Å²) in [6.45, 7) is 6.56. The van der Waals surface area contributed by atoms with E-state index >= 15 is 0 Å². The monoisotopic (exact) mass is 382 g/mol. The molecule has 6 nitrogen and oxygen atoms in total. The maximum absolute atomic E-state index is 13.0. The van der Waals surface area contributed by atoms with E-state index in [1.54, 1.807) is 25.3 Å². The molecule has 1 heterocycles. The Labute approximate surface area is 157 Å². The van der Waals surface area contributed by atoms with Crippen LogP contribution in [0.4, 0.5) is 0 Å². The molecule has 0 bridgehead atoms. The number of hydrogen-bond donors (Lipinski definition) is 1. The first kappa shape index (κ1) is 20.7. The van der Waals surface area contributed by atoms with Gasteiger partial charge in [0, 0.05) is 19.1 Å². The summed E-state index contributed by atoms with van der Waals surface area (Å²) in [4.78, 5) is 12.7. The first-order chi connectivity index (χ1) is 12.3. The smallest absolute Gasteiger partial charge is 0.243 e. The zero-order valence-corrected chi connectivity index (χ0v) is 16.9. The van der Waals surface area contributed by atoms with Gasteiger partial charge in [-0.1, -0.05) is 13.3 Å². The van der Waals surface area contributed by atoms with Gasteiger partial charge in [0.05, 0.1) is 17.9 Å². The number of piperidine rings is 1. The van der Waals surface area contributed by atoms with Crippen LogP contribution < -0.4 is 10.1 Å². The van der Waals surface area contributed by atoms with Crippen LogP contribution in [0.2, 0.25) is 0 Å². The second-order valence-corrected chi connectivity index (χ2v) is 8.97. The maximum atomic E-state index is 13.0. The standard InChI is InChI=1S/C19H30N2O4S/c1-5-7-15(3)20-19(22)16-8-6-11-21(13-16)26(23,24)17-9-10-18(25-4)14(2)12-17/h9-10,12,15-16H,5-8,11,13H2,1-4H3,(H,20,22). The van der Waals surface area contributed by atoms with Gasteiger partial charge in [0.25, 0.3) is 0 Å². The molecular weight excluding hydrogens is 352 g/mol. The second-order valence-electron chi connectivity index (χ2n) is 7.03. The van der Waals surface area contributed by atoms with Crippen molar-refractivity contribution in [1.82, 2.24) is 9.62 Å². The molecule has 2 unspecified atom stereocenters. The number of methoxy groups -OCH3 is 1. The van der Waals surface area contributed by atoms with Gasteiger partial charge in [-0.2, -0.15) is 4.31 Å².